The zero-order valence-corrected chi connectivity index (χ0v) is 15.6. The Morgan fingerprint density at radius 3 is 2.52 bits per heavy atom. The molecule has 0 aliphatic rings. The number of benzene rings is 3. The third-order valence-corrected chi connectivity index (χ3v) is 4.56. The van der Waals surface area contributed by atoms with E-state index in [-0.39, 0.29) is 5.56 Å². The fourth-order valence-electron chi connectivity index (χ4n) is 2.78. The van der Waals surface area contributed by atoms with Crippen LogP contribution in [0.25, 0.3) is 22.3 Å². The Labute approximate surface area is 163 Å². The minimum atomic E-state index is -0.973. The second-order valence-corrected chi connectivity index (χ2v) is 6.85. The first-order valence-electron chi connectivity index (χ1n) is 8.23. The van der Waals surface area contributed by atoms with Crippen molar-refractivity contribution in [1.29, 1.82) is 0 Å². The first-order valence-corrected chi connectivity index (χ1v) is 9.02. The number of carboxylic acids is 1. The zero-order chi connectivity index (χ0) is 18.8. The molecule has 5 nitrogen and oxygen atoms in total. The van der Waals surface area contributed by atoms with Gasteiger partial charge in [-0.25, -0.2) is 14.8 Å². The standard InChI is InChI=1S/C21H14BrN3O2/c22-15-9-10-18-17(12-15)20(23-16-8-4-7-14(11-16)21(26)27)25-19(24-18)13-5-2-1-3-6-13/h1-12H,(H,26,27)(H,23,24,25). The Morgan fingerprint density at radius 2 is 1.74 bits per heavy atom. The number of anilines is 2. The maximum Gasteiger partial charge on any atom is 0.335 e. The molecule has 1 aromatic heterocycles. The number of carbonyl (C=O) groups is 1. The molecule has 27 heavy (non-hydrogen) atoms. The molecule has 0 radical (unpaired) electrons. The SMILES string of the molecule is O=C(O)c1cccc(Nc2nc(-c3ccccc3)nc3ccc(Br)cc23)c1. The van der Waals surface area contributed by atoms with Gasteiger partial charge in [-0.3, -0.25) is 0 Å². The molecular formula is C21H14BrN3O2. The van der Waals surface area contributed by atoms with Crippen molar-refractivity contribution < 1.29 is 9.90 Å². The lowest BCUT2D eigenvalue weighted by Crippen LogP contribution is -2.01. The normalized spacial score (nSPS) is 10.7. The van der Waals surface area contributed by atoms with E-state index >= 15 is 0 Å². The van der Waals surface area contributed by atoms with E-state index in [2.05, 4.69) is 26.2 Å². The molecule has 0 fully saturated rings. The number of rotatable bonds is 4. The lowest BCUT2D eigenvalue weighted by Gasteiger charge is -2.12. The van der Waals surface area contributed by atoms with Crippen molar-refractivity contribution in [3.8, 4) is 11.4 Å². The van der Waals surface area contributed by atoms with E-state index in [4.69, 9.17) is 4.98 Å². The molecule has 4 aromatic rings. The van der Waals surface area contributed by atoms with Gasteiger partial charge in [0.1, 0.15) is 5.82 Å². The van der Waals surface area contributed by atoms with Gasteiger partial charge in [0.05, 0.1) is 11.1 Å². The number of aromatic carboxylic acids is 1. The molecule has 0 aliphatic carbocycles. The highest BCUT2D eigenvalue weighted by Crippen LogP contribution is 2.29. The molecule has 0 spiro atoms. The molecular weight excluding hydrogens is 406 g/mol. The van der Waals surface area contributed by atoms with Crippen LogP contribution < -0.4 is 5.32 Å². The van der Waals surface area contributed by atoms with E-state index < -0.39 is 5.97 Å². The summed E-state index contributed by atoms with van der Waals surface area (Å²) in [5.74, 6) is 0.240. The Balaban J connectivity index is 1.86. The molecule has 1 heterocycles. The van der Waals surface area contributed by atoms with E-state index in [9.17, 15) is 9.90 Å². The van der Waals surface area contributed by atoms with Gasteiger partial charge in [0, 0.05) is 21.1 Å². The van der Waals surface area contributed by atoms with Crippen LogP contribution in [0.4, 0.5) is 11.5 Å². The van der Waals surface area contributed by atoms with Gasteiger partial charge in [-0.2, -0.15) is 0 Å². The second-order valence-electron chi connectivity index (χ2n) is 5.93. The molecule has 0 atom stereocenters. The number of aromatic nitrogens is 2. The van der Waals surface area contributed by atoms with Gasteiger partial charge >= 0.3 is 5.97 Å². The number of fused-ring (bicyclic) bond motifs is 1. The lowest BCUT2D eigenvalue weighted by molar-refractivity contribution is 0.0697. The third-order valence-electron chi connectivity index (χ3n) is 4.06. The van der Waals surface area contributed by atoms with Crippen LogP contribution in [0.1, 0.15) is 10.4 Å². The number of nitrogens with one attached hydrogen (secondary N) is 1. The van der Waals surface area contributed by atoms with Crippen LogP contribution in [-0.2, 0) is 0 Å². The van der Waals surface area contributed by atoms with Gasteiger partial charge in [-0.15, -0.1) is 0 Å². The first kappa shape index (κ1) is 17.2. The minimum Gasteiger partial charge on any atom is -0.478 e. The third kappa shape index (κ3) is 3.66. The predicted molar refractivity (Wildman–Crippen MR) is 109 cm³/mol. The van der Waals surface area contributed by atoms with Crippen LogP contribution in [0.2, 0.25) is 0 Å². The molecule has 0 saturated heterocycles. The van der Waals surface area contributed by atoms with E-state index in [1.54, 1.807) is 24.3 Å². The summed E-state index contributed by atoms with van der Waals surface area (Å²) in [7, 11) is 0. The van der Waals surface area contributed by atoms with Crippen molar-refractivity contribution in [3.05, 3.63) is 82.8 Å². The van der Waals surface area contributed by atoms with Crippen LogP contribution in [0.15, 0.2) is 77.3 Å². The smallest absolute Gasteiger partial charge is 0.335 e. The van der Waals surface area contributed by atoms with Gasteiger partial charge in [0.15, 0.2) is 5.82 Å². The van der Waals surface area contributed by atoms with Crippen molar-refractivity contribution >= 4 is 44.3 Å². The van der Waals surface area contributed by atoms with Crippen molar-refractivity contribution in [3.63, 3.8) is 0 Å². The van der Waals surface area contributed by atoms with Crippen LogP contribution in [-0.4, -0.2) is 21.0 Å². The zero-order valence-electron chi connectivity index (χ0n) is 14.1. The number of hydrogen-bond donors (Lipinski definition) is 2. The molecule has 132 valence electrons. The molecule has 2 N–H and O–H groups in total. The molecule has 3 aromatic carbocycles. The minimum absolute atomic E-state index is 0.211. The van der Waals surface area contributed by atoms with E-state index in [0.29, 0.717) is 17.3 Å². The second kappa shape index (κ2) is 7.17. The maximum atomic E-state index is 11.2. The summed E-state index contributed by atoms with van der Waals surface area (Å²) in [6.45, 7) is 0. The number of nitrogens with zero attached hydrogens (tertiary/aromatic N) is 2. The fourth-order valence-corrected chi connectivity index (χ4v) is 3.14. The summed E-state index contributed by atoms with van der Waals surface area (Å²) in [6, 6.07) is 22.2. The molecule has 6 heteroatoms. The van der Waals surface area contributed by atoms with Crippen LogP contribution in [0.3, 0.4) is 0 Å². The summed E-state index contributed by atoms with van der Waals surface area (Å²) in [6.07, 6.45) is 0. The summed E-state index contributed by atoms with van der Waals surface area (Å²) in [5.41, 5.74) is 2.56. The summed E-state index contributed by atoms with van der Waals surface area (Å²) in [5, 5.41) is 13.3. The Morgan fingerprint density at radius 1 is 0.926 bits per heavy atom. The van der Waals surface area contributed by atoms with E-state index in [1.165, 1.54) is 0 Å². The van der Waals surface area contributed by atoms with Gasteiger partial charge < -0.3 is 10.4 Å². The topological polar surface area (TPSA) is 75.1 Å². The molecule has 0 aliphatic heterocycles. The van der Waals surface area contributed by atoms with Gasteiger partial charge in [-0.05, 0) is 36.4 Å². The van der Waals surface area contributed by atoms with Crippen LogP contribution in [0, 0.1) is 0 Å². The molecule has 4 rings (SSSR count). The summed E-state index contributed by atoms with van der Waals surface area (Å²) >= 11 is 3.49. The lowest BCUT2D eigenvalue weighted by atomic mass is 10.1. The van der Waals surface area contributed by atoms with E-state index in [0.717, 1.165) is 20.9 Å². The van der Waals surface area contributed by atoms with Crippen molar-refractivity contribution in [1.82, 2.24) is 9.97 Å². The highest BCUT2D eigenvalue weighted by atomic mass is 79.9. The van der Waals surface area contributed by atoms with Gasteiger partial charge in [-0.1, -0.05) is 52.3 Å². The average molecular weight is 420 g/mol. The Bertz CT molecular complexity index is 1150. The van der Waals surface area contributed by atoms with Crippen molar-refractivity contribution in [2.24, 2.45) is 0 Å². The molecule has 0 unspecified atom stereocenters. The highest BCUT2D eigenvalue weighted by Gasteiger charge is 2.11. The average Bonchev–Trinajstić information content (AvgIpc) is 2.69. The maximum absolute atomic E-state index is 11.2. The number of halogens is 1. The molecule has 0 amide bonds. The van der Waals surface area contributed by atoms with Crippen LogP contribution in [0.5, 0.6) is 0 Å². The Hall–Kier alpha value is -3.25. The summed E-state index contributed by atoms with van der Waals surface area (Å²) < 4.78 is 0.911. The van der Waals surface area contributed by atoms with E-state index in [1.807, 2.05) is 48.5 Å². The Kier molecular flexibility index (Phi) is 4.56. The highest BCUT2D eigenvalue weighted by molar-refractivity contribution is 9.10. The number of carboxylic acid groups (broad SMARTS) is 1. The largest absolute Gasteiger partial charge is 0.478 e. The quantitative estimate of drug-likeness (QED) is 0.456. The summed E-state index contributed by atoms with van der Waals surface area (Å²) in [4.78, 5) is 20.6. The molecule has 0 bridgehead atoms. The van der Waals surface area contributed by atoms with Crippen molar-refractivity contribution in [2.45, 2.75) is 0 Å². The van der Waals surface area contributed by atoms with Gasteiger partial charge in [0.2, 0.25) is 0 Å². The van der Waals surface area contributed by atoms with Crippen molar-refractivity contribution in [2.75, 3.05) is 5.32 Å². The number of hydrogen-bond acceptors (Lipinski definition) is 4. The van der Waals surface area contributed by atoms with Gasteiger partial charge in [0.25, 0.3) is 0 Å². The predicted octanol–water partition coefficient (Wildman–Crippen LogP) is 5.50. The first-order chi connectivity index (χ1) is 13.1. The monoisotopic (exact) mass is 419 g/mol. The fraction of sp³-hybridized carbons (Fsp3) is 0. The molecule has 0 saturated carbocycles. The van der Waals surface area contributed by atoms with Crippen LogP contribution >= 0.6 is 15.9 Å².